The molecule has 0 saturated heterocycles. The Morgan fingerprint density at radius 2 is 1.76 bits per heavy atom. The lowest BCUT2D eigenvalue weighted by Gasteiger charge is -2.16. The van der Waals surface area contributed by atoms with E-state index in [4.69, 9.17) is 0 Å². The minimum Gasteiger partial charge on any atom is -0.385 e. The van der Waals surface area contributed by atoms with Crippen molar-refractivity contribution in [2.75, 3.05) is 11.9 Å². The van der Waals surface area contributed by atoms with Crippen LogP contribution in [0.15, 0.2) is 30.3 Å². The molecule has 17 heavy (non-hydrogen) atoms. The third kappa shape index (κ3) is 5.53. The van der Waals surface area contributed by atoms with Gasteiger partial charge in [-0.25, -0.2) is 0 Å². The fourth-order valence-electron chi connectivity index (χ4n) is 1.57. The molecule has 2 heteroatoms. The van der Waals surface area contributed by atoms with Gasteiger partial charge in [0.1, 0.15) is 5.78 Å². The van der Waals surface area contributed by atoms with Crippen molar-refractivity contribution in [1.82, 2.24) is 0 Å². The molecule has 0 aromatic heterocycles. The van der Waals surface area contributed by atoms with E-state index in [1.54, 1.807) is 0 Å². The molecule has 2 nitrogen and oxygen atoms in total. The van der Waals surface area contributed by atoms with Gasteiger partial charge in [-0.1, -0.05) is 39.0 Å². The minimum atomic E-state index is -0.188. The molecule has 0 atom stereocenters. The standard InChI is InChI=1S/C15H23NO/c1-15(2,3)14(17)11-7-8-12-16-13-9-5-4-6-10-13/h4-6,9-10,16H,7-8,11-12H2,1-3H3. The van der Waals surface area contributed by atoms with Gasteiger partial charge in [-0.3, -0.25) is 4.79 Å². The van der Waals surface area contributed by atoms with Crippen LogP contribution in [0.1, 0.15) is 40.0 Å². The van der Waals surface area contributed by atoms with Crippen LogP contribution < -0.4 is 5.32 Å². The van der Waals surface area contributed by atoms with Gasteiger partial charge in [-0.15, -0.1) is 0 Å². The Morgan fingerprint density at radius 3 is 2.35 bits per heavy atom. The van der Waals surface area contributed by atoms with Crippen LogP contribution in [0.25, 0.3) is 0 Å². The van der Waals surface area contributed by atoms with Gasteiger partial charge in [0.05, 0.1) is 0 Å². The zero-order valence-electron chi connectivity index (χ0n) is 11.1. The second-order valence-electron chi connectivity index (χ2n) is 5.42. The highest BCUT2D eigenvalue weighted by molar-refractivity contribution is 5.83. The number of ketones is 1. The molecule has 1 rings (SSSR count). The quantitative estimate of drug-likeness (QED) is 0.755. The maximum atomic E-state index is 11.7. The molecule has 0 saturated carbocycles. The Balaban J connectivity index is 2.12. The van der Waals surface area contributed by atoms with Crippen LogP contribution in [-0.2, 0) is 4.79 Å². The van der Waals surface area contributed by atoms with Gasteiger partial charge in [-0.2, -0.15) is 0 Å². The van der Waals surface area contributed by atoms with Crippen LogP contribution in [0.4, 0.5) is 5.69 Å². The Morgan fingerprint density at radius 1 is 1.12 bits per heavy atom. The van der Waals surface area contributed by atoms with Gasteiger partial charge >= 0.3 is 0 Å². The summed E-state index contributed by atoms with van der Waals surface area (Å²) in [5.74, 6) is 0.359. The molecular weight excluding hydrogens is 210 g/mol. The summed E-state index contributed by atoms with van der Waals surface area (Å²) in [6.07, 6.45) is 2.70. The predicted molar refractivity (Wildman–Crippen MR) is 73.2 cm³/mol. The smallest absolute Gasteiger partial charge is 0.138 e. The topological polar surface area (TPSA) is 29.1 Å². The number of carbonyl (C=O) groups is 1. The van der Waals surface area contributed by atoms with E-state index in [1.807, 2.05) is 39.0 Å². The number of carbonyl (C=O) groups excluding carboxylic acids is 1. The van der Waals surface area contributed by atoms with E-state index in [-0.39, 0.29) is 5.41 Å². The fourth-order valence-corrected chi connectivity index (χ4v) is 1.57. The summed E-state index contributed by atoms with van der Waals surface area (Å²) in [7, 11) is 0. The molecule has 1 N–H and O–H groups in total. The summed E-state index contributed by atoms with van der Waals surface area (Å²) >= 11 is 0. The first-order valence-electron chi connectivity index (χ1n) is 6.32. The predicted octanol–water partition coefficient (Wildman–Crippen LogP) is 3.88. The number of benzene rings is 1. The molecule has 0 aliphatic heterocycles. The maximum Gasteiger partial charge on any atom is 0.138 e. The monoisotopic (exact) mass is 233 g/mol. The van der Waals surface area contributed by atoms with Crippen molar-refractivity contribution in [3.63, 3.8) is 0 Å². The van der Waals surface area contributed by atoms with E-state index in [2.05, 4.69) is 17.4 Å². The van der Waals surface area contributed by atoms with Crippen LogP contribution in [-0.4, -0.2) is 12.3 Å². The van der Waals surface area contributed by atoms with Gasteiger partial charge in [0.25, 0.3) is 0 Å². The second-order valence-corrected chi connectivity index (χ2v) is 5.42. The lowest BCUT2D eigenvalue weighted by molar-refractivity contribution is -0.126. The van der Waals surface area contributed by atoms with Crippen molar-refractivity contribution in [2.45, 2.75) is 40.0 Å². The van der Waals surface area contributed by atoms with E-state index >= 15 is 0 Å². The van der Waals surface area contributed by atoms with Crippen molar-refractivity contribution >= 4 is 11.5 Å². The molecule has 0 aliphatic rings. The summed E-state index contributed by atoms with van der Waals surface area (Å²) in [4.78, 5) is 11.7. The number of Topliss-reactive ketones (excluding diaryl/α,β-unsaturated/α-hetero) is 1. The van der Waals surface area contributed by atoms with Crippen molar-refractivity contribution in [3.05, 3.63) is 30.3 Å². The molecule has 0 aliphatic carbocycles. The molecule has 0 amide bonds. The Kier molecular flexibility index (Phi) is 5.20. The van der Waals surface area contributed by atoms with Gasteiger partial charge in [-0.05, 0) is 25.0 Å². The average molecular weight is 233 g/mol. The third-order valence-corrected chi connectivity index (χ3v) is 2.77. The number of hydrogen-bond acceptors (Lipinski definition) is 2. The first kappa shape index (κ1) is 13.8. The zero-order valence-corrected chi connectivity index (χ0v) is 11.1. The number of anilines is 1. The highest BCUT2D eigenvalue weighted by Crippen LogP contribution is 2.18. The average Bonchev–Trinajstić information content (AvgIpc) is 2.28. The Bertz CT molecular complexity index is 338. The molecule has 94 valence electrons. The van der Waals surface area contributed by atoms with Crippen LogP contribution in [0, 0.1) is 5.41 Å². The highest BCUT2D eigenvalue weighted by Gasteiger charge is 2.19. The Hall–Kier alpha value is -1.31. The number of nitrogens with one attached hydrogen (secondary N) is 1. The second kappa shape index (κ2) is 6.43. The van der Waals surface area contributed by atoms with E-state index in [1.165, 1.54) is 0 Å². The minimum absolute atomic E-state index is 0.188. The molecule has 0 radical (unpaired) electrons. The molecule has 1 aromatic carbocycles. The Labute approximate surface area is 104 Å². The van der Waals surface area contributed by atoms with Gasteiger partial charge < -0.3 is 5.32 Å². The summed E-state index contributed by atoms with van der Waals surface area (Å²) in [6.45, 7) is 6.88. The van der Waals surface area contributed by atoms with Gasteiger partial charge in [0, 0.05) is 24.1 Å². The SMILES string of the molecule is CC(C)(C)C(=O)CCCCNc1ccccc1. The summed E-state index contributed by atoms with van der Waals surface area (Å²) < 4.78 is 0. The van der Waals surface area contributed by atoms with Crippen molar-refractivity contribution in [1.29, 1.82) is 0 Å². The molecule has 0 bridgehead atoms. The lowest BCUT2D eigenvalue weighted by atomic mass is 9.88. The number of hydrogen-bond donors (Lipinski definition) is 1. The summed E-state index contributed by atoms with van der Waals surface area (Å²) in [6, 6.07) is 10.2. The van der Waals surface area contributed by atoms with E-state index in [0.29, 0.717) is 12.2 Å². The zero-order chi connectivity index (χ0) is 12.7. The van der Waals surface area contributed by atoms with E-state index in [0.717, 1.165) is 25.1 Å². The molecule has 0 spiro atoms. The summed E-state index contributed by atoms with van der Waals surface area (Å²) in [5.41, 5.74) is 0.960. The largest absolute Gasteiger partial charge is 0.385 e. The molecule has 0 heterocycles. The van der Waals surface area contributed by atoms with Crippen molar-refractivity contribution in [2.24, 2.45) is 5.41 Å². The van der Waals surface area contributed by atoms with Crippen LogP contribution >= 0.6 is 0 Å². The van der Waals surface area contributed by atoms with E-state index < -0.39 is 0 Å². The van der Waals surface area contributed by atoms with Crippen LogP contribution in [0.2, 0.25) is 0 Å². The normalized spacial score (nSPS) is 11.2. The maximum absolute atomic E-state index is 11.7. The number of rotatable bonds is 6. The van der Waals surface area contributed by atoms with Crippen molar-refractivity contribution < 1.29 is 4.79 Å². The first-order valence-corrected chi connectivity index (χ1v) is 6.32. The van der Waals surface area contributed by atoms with Crippen LogP contribution in [0.5, 0.6) is 0 Å². The third-order valence-electron chi connectivity index (χ3n) is 2.77. The van der Waals surface area contributed by atoms with Gasteiger partial charge in [0.15, 0.2) is 0 Å². The van der Waals surface area contributed by atoms with Gasteiger partial charge in [0.2, 0.25) is 0 Å². The van der Waals surface area contributed by atoms with Crippen LogP contribution in [0.3, 0.4) is 0 Å². The summed E-state index contributed by atoms with van der Waals surface area (Å²) in [5, 5.41) is 3.35. The molecule has 0 unspecified atom stereocenters. The van der Waals surface area contributed by atoms with E-state index in [9.17, 15) is 4.79 Å². The number of unbranched alkanes of at least 4 members (excludes halogenated alkanes) is 1. The number of para-hydroxylation sites is 1. The van der Waals surface area contributed by atoms with Crippen molar-refractivity contribution in [3.8, 4) is 0 Å². The lowest BCUT2D eigenvalue weighted by Crippen LogP contribution is -2.19. The first-order chi connectivity index (χ1) is 8.00. The highest BCUT2D eigenvalue weighted by atomic mass is 16.1. The molecule has 0 fully saturated rings. The fraction of sp³-hybridized carbons (Fsp3) is 0.533. The molecular formula is C15H23NO. The molecule has 1 aromatic rings.